The van der Waals surface area contributed by atoms with Crippen LogP contribution in [0.1, 0.15) is 26.7 Å². The Morgan fingerprint density at radius 2 is 1.76 bits per heavy atom. The zero-order chi connectivity index (χ0) is 12.7. The van der Waals surface area contributed by atoms with Crippen molar-refractivity contribution in [3.05, 3.63) is 11.6 Å². The van der Waals surface area contributed by atoms with Crippen molar-refractivity contribution in [1.82, 2.24) is 9.80 Å². The maximum atomic E-state index is 10.8. The Hall–Kier alpha value is -0.870. The van der Waals surface area contributed by atoms with Gasteiger partial charge in [-0.15, -0.1) is 0 Å². The molecule has 4 heteroatoms. The van der Waals surface area contributed by atoms with Gasteiger partial charge in [-0.2, -0.15) is 0 Å². The van der Waals surface area contributed by atoms with Gasteiger partial charge in [0.1, 0.15) is 0 Å². The van der Waals surface area contributed by atoms with E-state index >= 15 is 0 Å². The number of carboxylic acids is 1. The van der Waals surface area contributed by atoms with Crippen LogP contribution < -0.4 is 0 Å². The molecular weight excluding hydrogens is 216 g/mol. The molecule has 0 aliphatic carbocycles. The molecule has 0 bridgehead atoms. The van der Waals surface area contributed by atoms with E-state index in [1.165, 1.54) is 13.0 Å². The lowest BCUT2D eigenvalue weighted by Crippen LogP contribution is -2.46. The van der Waals surface area contributed by atoms with Crippen LogP contribution in [0.5, 0.6) is 0 Å². The third kappa shape index (κ3) is 4.88. The molecule has 0 amide bonds. The van der Waals surface area contributed by atoms with Gasteiger partial charge in [0.05, 0.1) is 0 Å². The molecule has 1 aliphatic heterocycles. The molecule has 1 fully saturated rings. The molecule has 0 atom stereocenters. The summed E-state index contributed by atoms with van der Waals surface area (Å²) in [4.78, 5) is 15.6. The first kappa shape index (κ1) is 14.2. The molecule has 4 nitrogen and oxygen atoms in total. The molecule has 0 aromatic carbocycles. The lowest BCUT2D eigenvalue weighted by atomic mass is 10.2. The van der Waals surface area contributed by atoms with Gasteiger partial charge in [0.25, 0.3) is 0 Å². The van der Waals surface area contributed by atoms with Gasteiger partial charge in [0.2, 0.25) is 0 Å². The largest absolute Gasteiger partial charge is 0.478 e. The molecule has 1 aliphatic rings. The van der Waals surface area contributed by atoms with Crippen LogP contribution in [0, 0.1) is 0 Å². The van der Waals surface area contributed by atoms with Crippen LogP contribution in [0.2, 0.25) is 0 Å². The summed E-state index contributed by atoms with van der Waals surface area (Å²) in [5.74, 6) is -0.780. The highest BCUT2D eigenvalue weighted by Gasteiger charge is 2.15. The highest BCUT2D eigenvalue weighted by Crippen LogP contribution is 2.05. The first-order valence-electron chi connectivity index (χ1n) is 6.54. The first-order valence-corrected chi connectivity index (χ1v) is 6.54. The highest BCUT2D eigenvalue weighted by molar-refractivity contribution is 5.86. The van der Waals surface area contributed by atoms with Gasteiger partial charge < -0.3 is 10.0 Å². The number of rotatable bonds is 6. The predicted molar refractivity (Wildman–Crippen MR) is 69.2 cm³/mol. The molecule has 0 saturated carbocycles. The lowest BCUT2D eigenvalue weighted by molar-refractivity contribution is -0.132. The lowest BCUT2D eigenvalue weighted by Gasteiger charge is -2.33. The van der Waals surface area contributed by atoms with Crippen molar-refractivity contribution in [2.45, 2.75) is 26.7 Å². The molecule has 0 radical (unpaired) electrons. The van der Waals surface area contributed by atoms with Crippen molar-refractivity contribution < 1.29 is 9.90 Å². The Morgan fingerprint density at radius 3 is 2.24 bits per heavy atom. The topological polar surface area (TPSA) is 43.8 Å². The van der Waals surface area contributed by atoms with E-state index in [1.807, 2.05) is 13.0 Å². The summed E-state index contributed by atoms with van der Waals surface area (Å²) in [6, 6.07) is 0. The van der Waals surface area contributed by atoms with E-state index in [-0.39, 0.29) is 0 Å². The quantitative estimate of drug-likeness (QED) is 0.713. The van der Waals surface area contributed by atoms with Crippen LogP contribution in [-0.2, 0) is 4.79 Å². The third-order valence-electron chi connectivity index (χ3n) is 3.26. The van der Waals surface area contributed by atoms with Crippen LogP contribution in [0.15, 0.2) is 11.6 Å². The molecule has 0 unspecified atom stereocenters. The smallest absolute Gasteiger partial charge is 0.331 e. The van der Waals surface area contributed by atoms with Crippen molar-refractivity contribution in [3.8, 4) is 0 Å². The minimum absolute atomic E-state index is 0.529. The Labute approximate surface area is 104 Å². The molecule has 1 saturated heterocycles. The number of piperazine rings is 1. The highest BCUT2D eigenvalue weighted by atomic mass is 16.4. The van der Waals surface area contributed by atoms with Gasteiger partial charge in [-0.1, -0.05) is 19.9 Å². The second-order valence-corrected chi connectivity index (χ2v) is 4.53. The number of nitrogens with zero attached hydrogens (tertiary/aromatic N) is 2. The average Bonchev–Trinajstić information content (AvgIpc) is 2.32. The molecule has 1 N–H and O–H groups in total. The van der Waals surface area contributed by atoms with Crippen LogP contribution in [0.4, 0.5) is 0 Å². The molecular formula is C13H24N2O2. The van der Waals surface area contributed by atoms with Gasteiger partial charge in [0.15, 0.2) is 0 Å². The summed E-state index contributed by atoms with van der Waals surface area (Å²) < 4.78 is 0. The zero-order valence-electron chi connectivity index (χ0n) is 11.0. The molecule has 0 aromatic heterocycles. The fourth-order valence-corrected chi connectivity index (χ4v) is 2.13. The van der Waals surface area contributed by atoms with E-state index in [0.717, 1.165) is 32.7 Å². The monoisotopic (exact) mass is 240 g/mol. The molecule has 1 rings (SSSR count). The summed E-state index contributed by atoms with van der Waals surface area (Å²) in [7, 11) is 0. The summed E-state index contributed by atoms with van der Waals surface area (Å²) >= 11 is 0. The van der Waals surface area contributed by atoms with Crippen molar-refractivity contribution in [3.63, 3.8) is 0 Å². The number of hydrogen-bond donors (Lipinski definition) is 1. The fourth-order valence-electron chi connectivity index (χ4n) is 2.13. The van der Waals surface area contributed by atoms with Gasteiger partial charge in [-0.25, -0.2) is 4.79 Å². The van der Waals surface area contributed by atoms with Crippen LogP contribution in [0.25, 0.3) is 0 Å². The van der Waals surface area contributed by atoms with Crippen LogP contribution in [0.3, 0.4) is 0 Å². The van der Waals surface area contributed by atoms with E-state index in [4.69, 9.17) is 5.11 Å². The summed E-state index contributed by atoms with van der Waals surface area (Å²) in [6.45, 7) is 10.4. The third-order valence-corrected chi connectivity index (χ3v) is 3.26. The SMILES string of the molecule is CCCN1CCN(CC=C(CC)C(=O)O)CC1. The van der Waals surface area contributed by atoms with Crippen molar-refractivity contribution >= 4 is 5.97 Å². The molecule has 1 heterocycles. The number of carbonyl (C=O) groups is 1. The Kier molecular flexibility index (Phi) is 6.22. The van der Waals surface area contributed by atoms with E-state index in [0.29, 0.717) is 12.0 Å². The zero-order valence-corrected chi connectivity index (χ0v) is 11.0. The Morgan fingerprint density at radius 1 is 1.18 bits per heavy atom. The minimum atomic E-state index is -0.780. The molecule has 17 heavy (non-hydrogen) atoms. The van der Waals surface area contributed by atoms with E-state index in [1.54, 1.807) is 0 Å². The second kappa shape index (κ2) is 7.45. The molecule has 98 valence electrons. The van der Waals surface area contributed by atoms with Crippen molar-refractivity contribution in [1.29, 1.82) is 0 Å². The van der Waals surface area contributed by atoms with E-state index in [9.17, 15) is 4.79 Å². The first-order chi connectivity index (χ1) is 8.17. The maximum absolute atomic E-state index is 10.8. The standard InChI is InChI=1S/C13H24N2O2/c1-3-6-14-8-10-15(11-9-14)7-5-12(4-2)13(16)17/h5H,3-4,6-11H2,1-2H3,(H,16,17). The minimum Gasteiger partial charge on any atom is -0.478 e. The van der Waals surface area contributed by atoms with Gasteiger partial charge in [0, 0.05) is 38.3 Å². The van der Waals surface area contributed by atoms with Gasteiger partial charge in [-0.3, -0.25) is 4.90 Å². The van der Waals surface area contributed by atoms with Crippen LogP contribution >= 0.6 is 0 Å². The van der Waals surface area contributed by atoms with Crippen molar-refractivity contribution in [2.75, 3.05) is 39.3 Å². The summed E-state index contributed by atoms with van der Waals surface area (Å²) in [5, 5.41) is 8.92. The maximum Gasteiger partial charge on any atom is 0.331 e. The average molecular weight is 240 g/mol. The predicted octanol–water partition coefficient (Wildman–Crippen LogP) is 1.44. The summed E-state index contributed by atoms with van der Waals surface area (Å²) in [6.07, 6.45) is 3.67. The summed E-state index contributed by atoms with van der Waals surface area (Å²) in [5.41, 5.74) is 0.529. The second-order valence-electron chi connectivity index (χ2n) is 4.53. The van der Waals surface area contributed by atoms with E-state index < -0.39 is 5.97 Å². The fraction of sp³-hybridized carbons (Fsp3) is 0.769. The van der Waals surface area contributed by atoms with E-state index in [2.05, 4.69) is 16.7 Å². The number of aliphatic carboxylic acids is 1. The van der Waals surface area contributed by atoms with Crippen molar-refractivity contribution in [2.24, 2.45) is 0 Å². The molecule has 0 aromatic rings. The van der Waals surface area contributed by atoms with Gasteiger partial charge >= 0.3 is 5.97 Å². The molecule has 0 spiro atoms. The normalized spacial score (nSPS) is 19.5. The Bertz CT molecular complexity index is 269. The number of hydrogen-bond acceptors (Lipinski definition) is 3. The number of carboxylic acid groups (broad SMARTS) is 1. The van der Waals surface area contributed by atoms with Crippen LogP contribution in [-0.4, -0.2) is 60.1 Å². The Balaban J connectivity index is 2.33. The van der Waals surface area contributed by atoms with Gasteiger partial charge in [-0.05, 0) is 19.4 Å².